The van der Waals surface area contributed by atoms with E-state index < -0.39 is 10.0 Å². The molecule has 3 aromatic carbocycles. The van der Waals surface area contributed by atoms with Crippen molar-refractivity contribution in [2.24, 2.45) is 0 Å². The molecule has 28 heavy (non-hydrogen) atoms. The normalized spacial score (nSPS) is 18.8. The van der Waals surface area contributed by atoms with Crippen LogP contribution in [0.4, 0.5) is 11.4 Å². The third-order valence-corrected chi connectivity index (χ3v) is 7.07. The molecule has 1 heterocycles. The fraction of sp³-hybridized carbons (Fsp3) is 0.182. The van der Waals surface area contributed by atoms with Crippen molar-refractivity contribution in [2.75, 3.05) is 9.62 Å². The van der Waals surface area contributed by atoms with Gasteiger partial charge in [0.15, 0.2) is 0 Å². The van der Waals surface area contributed by atoms with Crippen LogP contribution in [0.2, 0.25) is 5.02 Å². The summed E-state index contributed by atoms with van der Waals surface area (Å²) in [6.07, 6.45) is 0.665. The zero-order valence-corrected chi connectivity index (χ0v) is 17.0. The third kappa shape index (κ3) is 3.48. The first-order valence-corrected chi connectivity index (χ1v) is 11.0. The highest BCUT2D eigenvalue weighted by molar-refractivity contribution is 7.92. The van der Waals surface area contributed by atoms with Crippen LogP contribution in [0, 0.1) is 0 Å². The predicted octanol–water partition coefficient (Wildman–Crippen LogP) is 5.48. The Bertz CT molecular complexity index is 1070. The third-order valence-electron chi connectivity index (χ3n) is 4.96. The van der Waals surface area contributed by atoms with Crippen molar-refractivity contribution < 1.29 is 8.42 Å². The number of hydrogen-bond acceptors (Lipinski definition) is 3. The molecule has 0 radical (unpaired) electrons. The second-order valence-corrected chi connectivity index (χ2v) is 9.23. The summed E-state index contributed by atoms with van der Waals surface area (Å²) >= 11 is 5.98. The maximum absolute atomic E-state index is 13.7. The molecule has 144 valence electrons. The topological polar surface area (TPSA) is 49.4 Å². The lowest BCUT2D eigenvalue weighted by atomic mass is 9.93. The van der Waals surface area contributed by atoms with Crippen LogP contribution in [0.3, 0.4) is 0 Å². The lowest BCUT2D eigenvalue weighted by molar-refractivity contribution is 0.541. The van der Waals surface area contributed by atoms with Gasteiger partial charge in [-0.15, -0.1) is 0 Å². The molecule has 0 amide bonds. The van der Waals surface area contributed by atoms with E-state index in [1.54, 1.807) is 28.6 Å². The SMILES string of the molecule is C[C@@H]1C[C@@H](N(c2ccccc2)S(=O)(=O)c2ccc(Cl)cc2)c2ccccc2N1. The molecule has 0 spiro atoms. The quantitative estimate of drug-likeness (QED) is 0.617. The summed E-state index contributed by atoms with van der Waals surface area (Å²) in [5.74, 6) is 0. The van der Waals surface area contributed by atoms with Gasteiger partial charge in [-0.3, -0.25) is 4.31 Å². The highest BCUT2D eigenvalue weighted by atomic mass is 35.5. The van der Waals surface area contributed by atoms with Crippen molar-refractivity contribution in [3.8, 4) is 0 Å². The Kier molecular flexibility index (Phi) is 5.04. The van der Waals surface area contributed by atoms with Crippen LogP contribution in [-0.4, -0.2) is 14.5 Å². The number of halogens is 1. The Morgan fingerprint density at radius 1 is 0.929 bits per heavy atom. The van der Waals surface area contributed by atoms with E-state index in [-0.39, 0.29) is 17.0 Å². The van der Waals surface area contributed by atoms with Crippen LogP contribution in [0.5, 0.6) is 0 Å². The van der Waals surface area contributed by atoms with E-state index in [2.05, 4.69) is 12.2 Å². The Hall–Kier alpha value is -2.50. The van der Waals surface area contributed by atoms with Crippen LogP contribution in [-0.2, 0) is 10.0 Å². The van der Waals surface area contributed by atoms with Gasteiger partial charge in [-0.1, -0.05) is 48.0 Å². The molecule has 4 nitrogen and oxygen atoms in total. The minimum atomic E-state index is -3.79. The number of anilines is 2. The first kappa shape index (κ1) is 18.8. The number of fused-ring (bicyclic) bond motifs is 1. The number of sulfonamides is 1. The molecule has 4 rings (SSSR count). The fourth-order valence-electron chi connectivity index (χ4n) is 3.71. The minimum absolute atomic E-state index is 0.145. The lowest BCUT2D eigenvalue weighted by Crippen LogP contribution is -2.40. The zero-order chi connectivity index (χ0) is 19.7. The number of rotatable bonds is 4. The number of benzene rings is 3. The number of hydrogen-bond donors (Lipinski definition) is 1. The number of nitrogens with one attached hydrogen (secondary N) is 1. The molecule has 0 aromatic heterocycles. The standard InChI is InChI=1S/C22H21ClN2O2S/c1-16-15-22(20-9-5-6-10-21(20)24-16)25(18-7-3-2-4-8-18)28(26,27)19-13-11-17(23)12-14-19/h2-14,16,22,24H,15H2,1H3/t16-,22-/m1/s1. The maximum atomic E-state index is 13.7. The van der Waals surface area contributed by atoms with E-state index in [4.69, 9.17) is 11.6 Å². The van der Waals surface area contributed by atoms with Crippen LogP contribution in [0.15, 0.2) is 83.8 Å². The van der Waals surface area contributed by atoms with Gasteiger partial charge in [0.25, 0.3) is 10.0 Å². The summed E-state index contributed by atoms with van der Waals surface area (Å²) in [5.41, 5.74) is 2.59. The Labute approximate surface area is 170 Å². The summed E-state index contributed by atoms with van der Waals surface area (Å²) in [5, 5.41) is 3.96. The van der Waals surface area contributed by atoms with Gasteiger partial charge in [0.2, 0.25) is 0 Å². The van der Waals surface area contributed by atoms with Gasteiger partial charge in [-0.2, -0.15) is 0 Å². The summed E-state index contributed by atoms with van der Waals surface area (Å²) in [6.45, 7) is 2.07. The Morgan fingerprint density at radius 3 is 2.29 bits per heavy atom. The van der Waals surface area contributed by atoms with Gasteiger partial charge in [0.05, 0.1) is 16.6 Å². The van der Waals surface area contributed by atoms with Gasteiger partial charge in [0, 0.05) is 16.8 Å². The smallest absolute Gasteiger partial charge is 0.264 e. The largest absolute Gasteiger partial charge is 0.382 e. The molecule has 0 saturated heterocycles. The molecular formula is C22H21ClN2O2S. The Balaban J connectivity index is 1.90. The first-order valence-electron chi connectivity index (χ1n) is 9.17. The summed E-state index contributed by atoms with van der Waals surface area (Å²) < 4.78 is 29.0. The van der Waals surface area contributed by atoms with Crippen molar-refractivity contribution in [3.63, 3.8) is 0 Å². The van der Waals surface area contributed by atoms with Crippen LogP contribution in [0.25, 0.3) is 0 Å². The van der Waals surface area contributed by atoms with Gasteiger partial charge < -0.3 is 5.32 Å². The average Bonchev–Trinajstić information content (AvgIpc) is 2.69. The molecule has 3 aromatic rings. The van der Waals surface area contributed by atoms with Crippen molar-refractivity contribution in [1.29, 1.82) is 0 Å². The van der Waals surface area contributed by atoms with Crippen LogP contribution in [0.1, 0.15) is 24.9 Å². The highest BCUT2D eigenvalue weighted by Gasteiger charge is 2.36. The summed E-state index contributed by atoms with van der Waals surface area (Å²) in [4.78, 5) is 0.226. The molecular weight excluding hydrogens is 392 g/mol. The van der Waals surface area contributed by atoms with Crippen molar-refractivity contribution in [2.45, 2.75) is 30.3 Å². The predicted molar refractivity (Wildman–Crippen MR) is 114 cm³/mol. The van der Waals surface area contributed by atoms with Crippen LogP contribution >= 0.6 is 11.6 Å². The lowest BCUT2D eigenvalue weighted by Gasteiger charge is -2.39. The second kappa shape index (κ2) is 7.49. The molecule has 2 atom stereocenters. The fourth-order valence-corrected chi connectivity index (χ4v) is 5.48. The maximum Gasteiger partial charge on any atom is 0.264 e. The van der Waals surface area contributed by atoms with Gasteiger partial charge in [0.1, 0.15) is 0 Å². The Morgan fingerprint density at radius 2 is 1.57 bits per heavy atom. The van der Waals surface area contributed by atoms with E-state index in [0.29, 0.717) is 17.1 Å². The van der Waals surface area contributed by atoms with Gasteiger partial charge in [-0.05, 0) is 61.4 Å². The molecule has 1 aliphatic rings. The highest BCUT2D eigenvalue weighted by Crippen LogP contribution is 2.41. The molecule has 1 aliphatic heterocycles. The molecule has 0 unspecified atom stereocenters. The average molecular weight is 413 g/mol. The second-order valence-electron chi connectivity index (χ2n) is 6.97. The first-order chi connectivity index (χ1) is 13.5. The molecule has 0 fully saturated rings. The van der Waals surface area contributed by atoms with E-state index in [0.717, 1.165) is 11.3 Å². The molecule has 0 aliphatic carbocycles. The number of nitrogens with zero attached hydrogens (tertiary/aromatic N) is 1. The molecule has 0 bridgehead atoms. The van der Waals surface area contributed by atoms with Crippen molar-refractivity contribution in [1.82, 2.24) is 0 Å². The van der Waals surface area contributed by atoms with E-state index in [1.807, 2.05) is 54.6 Å². The van der Waals surface area contributed by atoms with Gasteiger partial charge in [-0.25, -0.2) is 8.42 Å². The summed E-state index contributed by atoms with van der Waals surface area (Å²) in [7, 11) is -3.79. The van der Waals surface area contributed by atoms with Gasteiger partial charge >= 0.3 is 0 Å². The van der Waals surface area contributed by atoms with Crippen molar-refractivity contribution >= 4 is 33.0 Å². The van der Waals surface area contributed by atoms with E-state index in [9.17, 15) is 8.42 Å². The number of para-hydroxylation sites is 2. The minimum Gasteiger partial charge on any atom is -0.382 e. The molecule has 0 saturated carbocycles. The van der Waals surface area contributed by atoms with Crippen LogP contribution < -0.4 is 9.62 Å². The summed E-state index contributed by atoms with van der Waals surface area (Å²) in [6, 6.07) is 23.3. The molecule has 6 heteroatoms. The van der Waals surface area contributed by atoms with E-state index >= 15 is 0 Å². The van der Waals surface area contributed by atoms with Crippen molar-refractivity contribution in [3.05, 3.63) is 89.4 Å². The molecule has 1 N–H and O–H groups in total. The van der Waals surface area contributed by atoms with E-state index in [1.165, 1.54) is 0 Å². The monoisotopic (exact) mass is 412 g/mol. The zero-order valence-electron chi connectivity index (χ0n) is 15.4.